The molecular weight excluding hydrogens is 346 g/mol. The molecule has 0 saturated heterocycles. The van der Waals surface area contributed by atoms with Crippen molar-refractivity contribution in [2.45, 2.75) is 19.3 Å². The predicted molar refractivity (Wildman–Crippen MR) is 99.2 cm³/mol. The Hall–Kier alpha value is -3.48. The minimum Gasteiger partial charge on any atom is -0.454 e. The average molecular weight is 365 g/mol. The van der Waals surface area contributed by atoms with Gasteiger partial charge in [0, 0.05) is 23.5 Å². The molecule has 2 heterocycles. The van der Waals surface area contributed by atoms with Crippen molar-refractivity contribution in [3.8, 4) is 11.5 Å². The molecule has 0 fully saturated rings. The summed E-state index contributed by atoms with van der Waals surface area (Å²) in [4.78, 5) is 27.2. The molecule has 0 unspecified atom stereocenters. The maximum Gasteiger partial charge on any atom is 0.242 e. The third kappa shape index (κ3) is 3.87. The number of carbonyl (C=O) groups excluding carboxylic acids is 2. The molecule has 0 radical (unpaired) electrons. The van der Waals surface area contributed by atoms with Crippen LogP contribution >= 0.6 is 0 Å². The molecule has 0 bridgehead atoms. The Bertz CT molecular complexity index is 996. The molecule has 1 aromatic heterocycles. The molecular formula is C20H19N3O4. The number of amides is 2. The van der Waals surface area contributed by atoms with E-state index >= 15 is 0 Å². The molecule has 3 N–H and O–H groups in total. The zero-order chi connectivity index (χ0) is 18.6. The van der Waals surface area contributed by atoms with Gasteiger partial charge in [0.1, 0.15) is 0 Å². The number of hydrogen-bond donors (Lipinski definition) is 3. The zero-order valence-electron chi connectivity index (χ0n) is 14.6. The second-order valence-electron chi connectivity index (χ2n) is 6.32. The van der Waals surface area contributed by atoms with E-state index in [0.717, 1.165) is 22.0 Å². The maximum absolute atomic E-state index is 12.1. The Labute approximate surface area is 155 Å². The summed E-state index contributed by atoms with van der Waals surface area (Å²) in [6.07, 6.45) is 2.80. The molecule has 2 aromatic carbocycles. The van der Waals surface area contributed by atoms with E-state index < -0.39 is 0 Å². The summed E-state index contributed by atoms with van der Waals surface area (Å²) in [7, 11) is 0. The van der Waals surface area contributed by atoms with Crippen LogP contribution in [0, 0.1) is 0 Å². The average Bonchev–Trinajstić information content (AvgIpc) is 3.31. The van der Waals surface area contributed by atoms with Crippen LogP contribution in [0.3, 0.4) is 0 Å². The topological polar surface area (TPSA) is 92.4 Å². The molecule has 0 spiro atoms. The highest BCUT2D eigenvalue weighted by atomic mass is 16.7. The number of para-hydroxylation sites is 1. The molecule has 1 aliphatic heterocycles. The highest BCUT2D eigenvalue weighted by molar-refractivity contribution is 5.89. The maximum atomic E-state index is 12.1. The first-order chi connectivity index (χ1) is 13.2. The molecule has 0 aliphatic carbocycles. The van der Waals surface area contributed by atoms with Crippen LogP contribution in [0.25, 0.3) is 10.9 Å². The van der Waals surface area contributed by atoms with Crippen molar-refractivity contribution in [2.75, 3.05) is 6.79 Å². The highest BCUT2D eigenvalue weighted by Crippen LogP contribution is 2.32. The molecule has 4 rings (SSSR count). The smallest absolute Gasteiger partial charge is 0.242 e. The van der Waals surface area contributed by atoms with Gasteiger partial charge >= 0.3 is 0 Å². The van der Waals surface area contributed by atoms with Gasteiger partial charge < -0.3 is 14.5 Å². The first kappa shape index (κ1) is 17.0. The van der Waals surface area contributed by atoms with Gasteiger partial charge in [-0.15, -0.1) is 0 Å². The van der Waals surface area contributed by atoms with Gasteiger partial charge in [-0.25, -0.2) is 0 Å². The number of hydrogen-bond acceptors (Lipinski definition) is 4. The lowest BCUT2D eigenvalue weighted by atomic mass is 10.1. The van der Waals surface area contributed by atoms with Crippen molar-refractivity contribution in [1.29, 1.82) is 0 Å². The molecule has 138 valence electrons. The Balaban J connectivity index is 1.24. The van der Waals surface area contributed by atoms with E-state index in [4.69, 9.17) is 9.47 Å². The lowest BCUT2D eigenvalue weighted by Gasteiger charge is -2.07. The van der Waals surface area contributed by atoms with Crippen molar-refractivity contribution < 1.29 is 19.1 Å². The second-order valence-corrected chi connectivity index (χ2v) is 6.32. The number of rotatable bonds is 5. The van der Waals surface area contributed by atoms with Gasteiger partial charge in [0.2, 0.25) is 18.6 Å². The lowest BCUT2D eigenvalue weighted by Crippen LogP contribution is -2.42. The normalized spacial score (nSPS) is 12.1. The van der Waals surface area contributed by atoms with Crippen molar-refractivity contribution >= 4 is 22.7 Å². The number of aryl methyl sites for hydroxylation is 1. The number of hydrazine groups is 1. The molecule has 0 atom stereocenters. The number of benzene rings is 2. The number of aromatic amines is 1. The summed E-state index contributed by atoms with van der Waals surface area (Å²) in [5, 5.41) is 1.00. The fourth-order valence-corrected chi connectivity index (χ4v) is 3.05. The molecule has 1 aliphatic rings. The first-order valence-electron chi connectivity index (χ1n) is 8.70. The molecule has 0 saturated carbocycles. The summed E-state index contributed by atoms with van der Waals surface area (Å²) in [6, 6.07) is 13.4. The summed E-state index contributed by atoms with van der Waals surface area (Å²) >= 11 is 0. The Morgan fingerprint density at radius 3 is 2.74 bits per heavy atom. The van der Waals surface area contributed by atoms with E-state index in [0.29, 0.717) is 17.9 Å². The number of ether oxygens (including phenoxy) is 2. The van der Waals surface area contributed by atoms with Crippen LogP contribution in [0.4, 0.5) is 0 Å². The SMILES string of the molecule is O=C(CCc1ccc2c(c1)OCO2)NNC(=O)Cc1c[nH]c2ccccc12. The van der Waals surface area contributed by atoms with Crippen molar-refractivity contribution in [2.24, 2.45) is 0 Å². The fraction of sp³-hybridized carbons (Fsp3) is 0.200. The highest BCUT2D eigenvalue weighted by Gasteiger charge is 2.14. The Morgan fingerprint density at radius 1 is 1.00 bits per heavy atom. The molecule has 7 heteroatoms. The molecule has 2 amide bonds. The van der Waals surface area contributed by atoms with E-state index in [1.165, 1.54) is 0 Å². The fourth-order valence-electron chi connectivity index (χ4n) is 3.05. The van der Waals surface area contributed by atoms with Gasteiger partial charge in [-0.3, -0.25) is 20.4 Å². The number of aromatic nitrogens is 1. The van der Waals surface area contributed by atoms with Crippen LogP contribution < -0.4 is 20.3 Å². The predicted octanol–water partition coefficient (Wildman–Crippen LogP) is 2.22. The summed E-state index contributed by atoms with van der Waals surface area (Å²) < 4.78 is 10.6. The summed E-state index contributed by atoms with van der Waals surface area (Å²) in [5.41, 5.74) is 7.77. The number of nitrogens with one attached hydrogen (secondary N) is 3. The minimum atomic E-state index is -0.267. The van der Waals surface area contributed by atoms with E-state index in [-0.39, 0.29) is 31.4 Å². The number of carbonyl (C=O) groups is 2. The van der Waals surface area contributed by atoms with Crippen LogP contribution in [0.5, 0.6) is 11.5 Å². The van der Waals surface area contributed by atoms with Crippen LogP contribution in [-0.2, 0) is 22.4 Å². The van der Waals surface area contributed by atoms with Crippen molar-refractivity contribution in [3.05, 3.63) is 59.8 Å². The third-order valence-electron chi connectivity index (χ3n) is 4.44. The minimum absolute atomic E-state index is 0.187. The second kappa shape index (κ2) is 7.41. The Morgan fingerprint density at radius 2 is 1.81 bits per heavy atom. The monoisotopic (exact) mass is 365 g/mol. The lowest BCUT2D eigenvalue weighted by molar-refractivity contribution is -0.128. The zero-order valence-corrected chi connectivity index (χ0v) is 14.6. The number of H-pyrrole nitrogens is 1. The quantitative estimate of drug-likeness (QED) is 0.605. The Kier molecular flexibility index (Phi) is 4.65. The van der Waals surface area contributed by atoms with Crippen LogP contribution in [-0.4, -0.2) is 23.6 Å². The molecule has 27 heavy (non-hydrogen) atoms. The van der Waals surface area contributed by atoms with E-state index in [1.807, 2.05) is 48.7 Å². The van der Waals surface area contributed by atoms with Gasteiger partial charge in [-0.1, -0.05) is 24.3 Å². The number of fused-ring (bicyclic) bond motifs is 2. The van der Waals surface area contributed by atoms with E-state index in [1.54, 1.807) is 0 Å². The summed E-state index contributed by atoms with van der Waals surface area (Å²) in [6.45, 7) is 0.224. The van der Waals surface area contributed by atoms with Gasteiger partial charge in [0.05, 0.1) is 6.42 Å². The van der Waals surface area contributed by atoms with E-state index in [9.17, 15) is 9.59 Å². The molecule has 7 nitrogen and oxygen atoms in total. The van der Waals surface area contributed by atoms with Crippen LogP contribution in [0.15, 0.2) is 48.7 Å². The van der Waals surface area contributed by atoms with Crippen LogP contribution in [0.2, 0.25) is 0 Å². The third-order valence-corrected chi connectivity index (χ3v) is 4.44. The van der Waals surface area contributed by atoms with Crippen molar-refractivity contribution in [3.63, 3.8) is 0 Å². The van der Waals surface area contributed by atoms with Crippen molar-refractivity contribution in [1.82, 2.24) is 15.8 Å². The first-order valence-corrected chi connectivity index (χ1v) is 8.70. The standard InChI is InChI=1S/C20H19N3O4/c24-19(8-6-13-5-7-17-18(9-13)27-12-26-17)22-23-20(25)10-14-11-21-16-4-2-1-3-15(14)16/h1-5,7,9,11,21H,6,8,10,12H2,(H,22,24)(H,23,25). The largest absolute Gasteiger partial charge is 0.454 e. The van der Waals surface area contributed by atoms with Gasteiger partial charge in [0.25, 0.3) is 0 Å². The van der Waals surface area contributed by atoms with Gasteiger partial charge in [0.15, 0.2) is 11.5 Å². The van der Waals surface area contributed by atoms with E-state index in [2.05, 4.69) is 15.8 Å². The van der Waals surface area contributed by atoms with Crippen LogP contribution in [0.1, 0.15) is 17.5 Å². The molecule has 3 aromatic rings. The van der Waals surface area contributed by atoms with Gasteiger partial charge in [-0.05, 0) is 35.7 Å². The summed E-state index contributed by atoms with van der Waals surface area (Å²) in [5.74, 6) is 0.892. The van der Waals surface area contributed by atoms with Gasteiger partial charge in [-0.2, -0.15) is 0 Å².